The van der Waals surface area contributed by atoms with Crippen LogP contribution in [0.15, 0.2) is 41.2 Å². The van der Waals surface area contributed by atoms with Crippen molar-refractivity contribution in [3.63, 3.8) is 0 Å². The van der Waals surface area contributed by atoms with Crippen LogP contribution >= 0.6 is 0 Å². The predicted molar refractivity (Wildman–Crippen MR) is 92.7 cm³/mol. The van der Waals surface area contributed by atoms with Crippen LogP contribution in [0.3, 0.4) is 0 Å². The smallest absolute Gasteiger partial charge is 0.251 e. The molecule has 1 aliphatic heterocycles. The van der Waals surface area contributed by atoms with E-state index in [0.29, 0.717) is 6.04 Å². The number of benzene rings is 1. The molecule has 2 N–H and O–H groups in total. The van der Waals surface area contributed by atoms with E-state index in [1.807, 2.05) is 13.0 Å². The van der Waals surface area contributed by atoms with Gasteiger partial charge < -0.3 is 10.3 Å². The standard InChI is InChI=1S/C18H24N4O/c1-13-12-17(23)21-18(19-13)14(2)22-10-8-16(9-11-22)20-15-6-4-3-5-7-15/h3-7,12,14,16,20H,8-11H2,1-2H3,(H,19,21,23). The van der Waals surface area contributed by atoms with Crippen molar-refractivity contribution in [2.45, 2.75) is 38.8 Å². The first-order valence-corrected chi connectivity index (χ1v) is 8.25. The fourth-order valence-electron chi connectivity index (χ4n) is 3.17. The average molecular weight is 312 g/mol. The van der Waals surface area contributed by atoms with Crippen LogP contribution in [0.1, 0.15) is 37.3 Å². The Hall–Kier alpha value is -2.14. The highest BCUT2D eigenvalue weighted by Gasteiger charge is 2.24. The number of anilines is 1. The summed E-state index contributed by atoms with van der Waals surface area (Å²) in [4.78, 5) is 21.4. The summed E-state index contributed by atoms with van der Waals surface area (Å²) in [5, 5.41) is 3.60. The predicted octanol–water partition coefficient (Wildman–Crippen LogP) is 2.72. The average Bonchev–Trinajstić information content (AvgIpc) is 2.55. The van der Waals surface area contributed by atoms with Gasteiger partial charge in [0.05, 0.1) is 6.04 Å². The normalized spacial score (nSPS) is 17.8. The second-order valence-electron chi connectivity index (χ2n) is 6.27. The van der Waals surface area contributed by atoms with Crippen LogP contribution in [-0.2, 0) is 0 Å². The van der Waals surface area contributed by atoms with E-state index in [0.717, 1.165) is 37.4 Å². The Morgan fingerprint density at radius 1 is 1.26 bits per heavy atom. The number of rotatable bonds is 4. The summed E-state index contributed by atoms with van der Waals surface area (Å²) in [5.74, 6) is 0.768. The van der Waals surface area contributed by atoms with Gasteiger partial charge in [-0.25, -0.2) is 4.98 Å². The van der Waals surface area contributed by atoms with Crippen molar-refractivity contribution in [3.05, 3.63) is 58.3 Å². The number of aromatic nitrogens is 2. The topological polar surface area (TPSA) is 61.0 Å². The lowest BCUT2D eigenvalue weighted by molar-refractivity contribution is 0.161. The van der Waals surface area contributed by atoms with Gasteiger partial charge in [-0.2, -0.15) is 0 Å². The Morgan fingerprint density at radius 2 is 1.96 bits per heavy atom. The van der Waals surface area contributed by atoms with Crippen molar-refractivity contribution in [2.75, 3.05) is 18.4 Å². The van der Waals surface area contributed by atoms with E-state index < -0.39 is 0 Å². The molecule has 0 aliphatic carbocycles. The van der Waals surface area contributed by atoms with Crippen LogP contribution in [0.5, 0.6) is 0 Å². The third-order valence-electron chi connectivity index (χ3n) is 4.51. The second kappa shape index (κ2) is 6.96. The molecule has 5 heteroatoms. The van der Waals surface area contributed by atoms with Gasteiger partial charge in [0.2, 0.25) is 0 Å². The lowest BCUT2D eigenvalue weighted by atomic mass is 10.0. The lowest BCUT2D eigenvalue weighted by Crippen LogP contribution is -2.41. The molecule has 0 amide bonds. The molecule has 0 bridgehead atoms. The quantitative estimate of drug-likeness (QED) is 0.911. The minimum atomic E-state index is -0.0695. The molecule has 3 rings (SSSR count). The molecule has 0 radical (unpaired) electrons. The second-order valence-corrected chi connectivity index (χ2v) is 6.27. The van der Waals surface area contributed by atoms with E-state index in [-0.39, 0.29) is 11.6 Å². The van der Waals surface area contributed by atoms with Gasteiger partial charge in [0.15, 0.2) is 0 Å². The molecule has 0 saturated carbocycles. The zero-order chi connectivity index (χ0) is 16.2. The van der Waals surface area contributed by atoms with Crippen LogP contribution < -0.4 is 10.9 Å². The summed E-state index contributed by atoms with van der Waals surface area (Å²) in [7, 11) is 0. The number of likely N-dealkylation sites (tertiary alicyclic amines) is 1. The summed E-state index contributed by atoms with van der Waals surface area (Å²) < 4.78 is 0. The van der Waals surface area contributed by atoms with Crippen LogP contribution in [0.25, 0.3) is 0 Å². The number of nitrogens with one attached hydrogen (secondary N) is 2. The fraction of sp³-hybridized carbons (Fsp3) is 0.444. The Bertz CT molecular complexity index is 690. The lowest BCUT2D eigenvalue weighted by Gasteiger charge is -2.36. The summed E-state index contributed by atoms with van der Waals surface area (Å²) in [6.45, 7) is 5.98. The van der Waals surface area contributed by atoms with Crippen molar-refractivity contribution < 1.29 is 0 Å². The van der Waals surface area contributed by atoms with Crippen molar-refractivity contribution in [3.8, 4) is 0 Å². The van der Waals surface area contributed by atoms with Gasteiger partial charge in [-0.15, -0.1) is 0 Å². The minimum Gasteiger partial charge on any atom is -0.382 e. The Balaban J connectivity index is 1.59. The Labute approximate surface area is 136 Å². The third kappa shape index (κ3) is 3.99. The van der Waals surface area contributed by atoms with E-state index in [2.05, 4.69) is 51.4 Å². The number of hydrogen-bond acceptors (Lipinski definition) is 4. The van der Waals surface area contributed by atoms with E-state index in [1.165, 1.54) is 11.8 Å². The first-order valence-electron chi connectivity index (χ1n) is 8.25. The molecule has 1 aromatic carbocycles. The first kappa shape index (κ1) is 15.7. The van der Waals surface area contributed by atoms with Gasteiger partial charge in [0.25, 0.3) is 5.56 Å². The van der Waals surface area contributed by atoms with Crippen LogP contribution in [0, 0.1) is 6.92 Å². The van der Waals surface area contributed by atoms with E-state index in [9.17, 15) is 4.79 Å². The number of piperidine rings is 1. The summed E-state index contributed by atoms with van der Waals surface area (Å²) in [6, 6.07) is 12.5. The molecular weight excluding hydrogens is 288 g/mol. The Kier molecular flexibility index (Phi) is 4.76. The van der Waals surface area contributed by atoms with Crippen LogP contribution in [0.4, 0.5) is 5.69 Å². The molecule has 1 saturated heterocycles. The number of nitrogens with zero attached hydrogens (tertiary/aromatic N) is 2. The number of hydrogen-bond donors (Lipinski definition) is 2. The molecule has 122 valence electrons. The van der Waals surface area contributed by atoms with Gasteiger partial charge in [0, 0.05) is 36.6 Å². The highest BCUT2D eigenvalue weighted by molar-refractivity contribution is 5.43. The highest BCUT2D eigenvalue weighted by Crippen LogP contribution is 2.23. The summed E-state index contributed by atoms with van der Waals surface area (Å²) in [5.41, 5.74) is 1.89. The van der Waals surface area contributed by atoms with Crippen molar-refractivity contribution in [1.29, 1.82) is 0 Å². The summed E-state index contributed by atoms with van der Waals surface area (Å²) >= 11 is 0. The molecule has 1 aliphatic rings. The molecule has 1 unspecified atom stereocenters. The molecule has 1 fully saturated rings. The highest BCUT2D eigenvalue weighted by atomic mass is 16.1. The SMILES string of the molecule is Cc1cc(=O)[nH]c(C(C)N2CCC(Nc3ccccc3)CC2)n1. The van der Waals surface area contributed by atoms with Gasteiger partial charge in [-0.3, -0.25) is 9.69 Å². The van der Waals surface area contributed by atoms with Gasteiger partial charge in [-0.05, 0) is 38.8 Å². The first-order chi connectivity index (χ1) is 11.1. The number of para-hydroxylation sites is 1. The van der Waals surface area contributed by atoms with E-state index in [4.69, 9.17) is 0 Å². The minimum absolute atomic E-state index is 0.0695. The third-order valence-corrected chi connectivity index (χ3v) is 4.51. The number of aromatic amines is 1. The fourth-order valence-corrected chi connectivity index (χ4v) is 3.17. The molecule has 23 heavy (non-hydrogen) atoms. The van der Waals surface area contributed by atoms with Gasteiger partial charge >= 0.3 is 0 Å². The summed E-state index contributed by atoms with van der Waals surface area (Å²) in [6.07, 6.45) is 2.19. The molecule has 0 spiro atoms. The van der Waals surface area contributed by atoms with Crippen molar-refractivity contribution in [1.82, 2.24) is 14.9 Å². The molecule has 1 atom stereocenters. The van der Waals surface area contributed by atoms with Gasteiger partial charge in [0.1, 0.15) is 5.82 Å². The number of H-pyrrole nitrogens is 1. The molecule has 2 aromatic rings. The van der Waals surface area contributed by atoms with Gasteiger partial charge in [-0.1, -0.05) is 18.2 Å². The van der Waals surface area contributed by atoms with Crippen LogP contribution in [-0.4, -0.2) is 34.0 Å². The zero-order valence-electron chi connectivity index (χ0n) is 13.7. The van der Waals surface area contributed by atoms with Crippen molar-refractivity contribution >= 4 is 5.69 Å². The maximum Gasteiger partial charge on any atom is 0.251 e. The van der Waals surface area contributed by atoms with E-state index in [1.54, 1.807) is 0 Å². The van der Waals surface area contributed by atoms with Crippen LogP contribution in [0.2, 0.25) is 0 Å². The zero-order valence-corrected chi connectivity index (χ0v) is 13.7. The maximum absolute atomic E-state index is 11.6. The largest absolute Gasteiger partial charge is 0.382 e. The molecule has 5 nitrogen and oxygen atoms in total. The van der Waals surface area contributed by atoms with E-state index >= 15 is 0 Å². The number of aryl methyl sites for hydroxylation is 1. The Morgan fingerprint density at radius 3 is 2.61 bits per heavy atom. The monoisotopic (exact) mass is 312 g/mol. The molecular formula is C18H24N4O. The molecule has 1 aromatic heterocycles. The maximum atomic E-state index is 11.6. The van der Waals surface area contributed by atoms with Crippen molar-refractivity contribution in [2.24, 2.45) is 0 Å². The molecule has 2 heterocycles.